The number of nitrogen functional groups attached to an aromatic ring is 1. The lowest BCUT2D eigenvalue weighted by Crippen LogP contribution is -2.02. The monoisotopic (exact) mass is 415 g/mol. The van der Waals surface area contributed by atoms with E-state index in [0.717, 1.165) is 41.0 Å². The van der Waals surface area contributed by atoms with Crippen molar-refractivity contribution in [1.29, 1.82) is 0 Å². The maximum absolute atomic E-state index is 10.6. The lowest BCUT2D eigenvalue weighted by Gasteiger charge is -2.12. The molecule has 0 fully saturated rings. The van der Waals surface area contributed by atoms with Crippen molar-refractivity contribution in [3.63, 3.8) is 0 Å². The van der Waals surface area contributed by atoms with E-state index in [-0.39, 0.29) is 6.42 Å². The number of benzene rings is 3. The van der Waals surface area contributed by atoms with E-state index in [1.54, 1.807) is 0 Å². The average Bonchev–Trinajstić information content (AvgIpc) is 3.15. The van der Waals surface area contributed by atoms with Crippen LogP contribution in [0.4, 0.5) is 5.69 Å². The molecule has 3 aromatic carbocycles. The van der Waals surface area contributed by atoms with Crippen molar-refractivity contribution < 1.29 is 14.6 Å². The number of carboxylic acids is 1. The Morgan fingerprint density at radius 3 is 2.39 bits per heavy atom. The van der Waals surface area contributed by atoms with Crippen molar-refractivity contribution in [2.45, 2.75) is 25.7 Å². The van der Waals surface area contributed by atoms with Crippen LogP contribution in [0.5, 0.6) is 5.75 Å². The van der Waals surface area contributed by atoms with E-state index >= 15 is 0 Å². The first-order chi connectivity index (χ1) is 15.1. The standard InChI is InChI=1S/C25H25N3O3/c26-20-16-21-22(17-23(20)31-15-9-3-8-14-24(29)30)28(19-12-6-2-7-13-19)25(27-21)18-10-4-1-5-11-18/h1-2,4-7,10-13,16-17H,3,8-9,14-15,26H2,(H,29,30). The summed E-state index contributed by atoms with van der Waals surface area (Å²) in [6, 6.07) is 23.9. The summed E-state index contributed by atoms with van der Waals surface area (Å²) in [5.41, 5.74) is 10.5. The highest BCUT2D eigenvalue weighted by Gasteiger charge is 2.16. The number of anilines is 1. The number of imidazole rings is 1. The summed E-state index contributed by atoms with van der Waals surface area (Å²) in [6.07, 6.45) is 2.41. The van der Waals surface area contributed by atoms with Crippen LogP contribution in [0.1, 0.15) is 25.7 Å². The number of para-hydroxylation sites is 1. The summed E-state index contributed by atoms with van der Waals surface area (Å²) in [4.78, 5) is 15.5. The smallest absolute Gasteiger partial charge is 0.303 e. The minimum atomic E-state index is -0.765. The first-order valence-electron chi connectivity index (χ1n) is 10.4. The predicted octanol–water partition coefficient (Wildman–Crippen LogP) is 5.30. The van der Waals surface area contributed by atoms with Gasteiger partial charge in [-0.1, -0.05) is 48.5 Å². The van der Waals surface area contributed by atoms with Crippen LogP contribution in [-0.4, -0.2) is 27.2 Å². The molecule has 4 aromatic rings. The fourth-order valence-corrected chi connectivity index (χ4v) is 3.60. The van der Waals surface area contributed by atoms with Gasteiger partial charge in [-0.2, -0.15) is 0 Å². The molecule has 0 spiro atoms. The SMILES string of the molecule is Nc1cc2nc(-c3ccccc3)n(-c3ccccc3)c2cc1OCCCCCC(=O)O. The van der Waals surface area contributed by atoms with Gasteiger partial charge in [0.15, 0.2) is 0 Å². The molecule has 3 N–H and O–H groups in total. The highest BCUT2D eigenvalue weighted by atomic mass is 16.5. The number of aliphatic carboxylic acids is 1. The van der Waals surface area contributed by atoms with Gasteiger partial charge in [0.25, 0.3) is 0 Å². The van der Waals surface area contributed by atoms with Crippen LogP contribution in [0.15, 0.2) is 72.8 Å². The molecule has 0 radical (unpaired) electrons. The molecule has 0 aliphatic rings. The van der Waals surface area contributed by atoms with Gasteiger partial charge >= 0.3 is 5.97 Å². The number of hydrogen-bond acceptors (Lipinski definition) is 4. The van der Waals surface area contributed by atoms with E-state index in [0.29, 0.717) is 24.5 Å². The van der Waals surface area contributed by atoms with Crippen molar-refractivity contribution in [3.05, 3.63) is 72.8 Å². The Hall–Kier alpha value is -3.80. The zero-order valence-electron chi connectivity index (χ0n) is 17.2. The number of carbonyl (C=O) groups is 1. The fourth-order valence-electron chi connectivity index (χ4n) is 3.60. The molecule has 6 nitrogen and oxygen atoms in total. The summed E-state index contributed by atoms with van der Waals surface area (Å²) in [5.74, 6) is 0.688. The zero-order chi connectivity index (χ0) is 21.6. The summed E-state index contributed by atoms with van der Waals surface area (Å²) in [6.45, 7) is 0.486. The number of hydrogen-bond donors (Lipinski definition) is 2. The van der Waals surface area contributed by atoms with Gasteiger partial charge in [-0.25, -0.2) is 4.98 Å². The number of nitrogens with zero attached hydrogens (tertiary/aromatic N) is 2. The Kier molecular flexibility index (Phi) is 6.17. The Bertz CT molecular complexity index is 1170. The first kappa shape index (κ1) is 20.5. The fraction of sp³-hybridized carbons (Fsp3) is 0.200. The summed E-state index contributed by atoms with van der Waals surface area (Å²) in [5, 5.41) is 8.73. The predicted molar refractivity (Wildman–Crippen MR) is 123 cm³/mol. The normalized spacial score (nSPS) is 11.0. The molecule has 1 aromatic heterocycles. The van der Waals surface area contributed by atoms with E-state index in [1.807, 2.05) is 72.8 Å². The van der Waals surface area contributed by atoms with Crippen molar-refractivity contribution >= 4 is 22.7 Å². The largest absolute Gasteiger partial charge is 0.491 e. The molecule has 0 unspecified atom stereocenters. The van der Waals surface area contributed by atoms with E-state index in [2.05, 4.69) is 4.57 Å². The van der Waals surface area contributed by atoms with Crippen molar-refractivity contribution in [3.8, 4) is 22.8 Å². The molecule has 31 heavy (non-hydrogen) atoms. The first-order valence-corrected chi connectivity index (χ1v) is 10.4. The molecule has 0 amide bonds. The summed E-state index contributed by atoms with van der Waals surface area (Å²) < 4.78 is 8.06. The molecule has 1 heterocycles. The van der Waals surface area contributed by atoms with Gasteiger partial charge in [0.2, 0.25) is 0 Å². The van der Waals surface area contributed by atoms with E-state index in [9.17, 15) is 4.79 Å². The molecule has 0 aliphatic carbocycles. The minimum absolute atomic E-state index is 0.187. The highest BCUT2D eigenvalue weighted by molar-refractivity contribution is 5.88. The molecule has 0 saturated carbocycles. The molecule has 0 saturated heterocycles. The maximum atomic E-state index is 10.6. The van der Waals surface area contributed by atoms with Crippen LogP contribution in [0.25, 0.3) is 28.1 Å². The van der Waals surface area contributed by atoms with Crippen LogP contribution in [0, 0.1) is 0 Å². The maximum Gasteiger partial charge on any atom is 0.303 e. The van der Waals surface area contributed by atoms with Gasteiger partial charge in [0.1, 0.15) is 11.6 Å². The molecule has 0 aliphatic heterocycles. The summed E-state index contributed by atoms with van der Waals surface area (Å²) in [7, 11) is 0. The second-order valence-electron chi connectivity index (χ2n) is 7.40. The van der Waals surface area contributed by atoms with Gasteiger partial charge in [0.05, 0.1) is 23.3 Å². The van der Waals surface area contributed by atoms with Crippen LogP contribution >= 0.6 is 0 Å². The van der Waals surface area contributed by atoms with E-state index in [1.165, 1.54) is 0 Å². The second kappa shape index (κ2) is 9.34. The number of fused-ring (bicyclic) bond motifs is 1. The number of ether oxygens (including phenoxy) is 1. The number of nitrogens with two attached hydrogens (primary N) is 1. The van der Waals surface area contributed by atoms with E-state index in [4.69, 9.17) is 20.6 Å². The quantitative estimate of drug-likeness (QED) is 0.286. The van der Waals surface area contributed by atoms with Gasteiger partial charge < -0.3 is 15.6 Å². The van der Waals surface area contributed by atoms with Gasteiger partial charge in [0, 0.05) is 23.7 Å². The third-order valence-electron chi connectivity index (χ3n) is 5.12. The number of unbranched alkanes of at least 4 members (excludes halogenated alkanes) is 2. The topological polar surface area (TPSA) is 90.4 Å². The highest BCUT2D eigenvalue weighted by Crippen LogP contribution is 2.34. The second-order valence-corrected chi connectivity index (χ2v) is 7.40. The molecule has 158 valence electrons. The van der Waals surface area contributed by atoms with E-state index < -0.39 is 5.97 Å². The molecule has 0 bridgehead atoms. The average molecular weight is 415 g/mol. The van der Waals surface area contributed by atoms with Gasteiger partial charge in [-0.05, 0) is 37.5 Å². The third-order valence-corrected chi connectivity index (χ3v) is 5.12. The Labute approximate surface area is 180 Å². The molecule has 6 heteroatoms. The van der Waals surface area contributed by atoms with Crippen LogP contribution in [-0.2, 0) is 4.79 Å². The van der Waals surface area contributed by atoms with Crippen molar-refractivity contribution in [2.75, 3.05) is 12.3 Å². The molecular formula is C25H25N3O3. The lowest BCUT2D eigenvalue weighted by molar-refractivity contribution is -0.137. The van der Waals surface area contributed by atoms with Gasteiger partial charge in [-0.15, -0.1) is 0 Å². The third kappa shape index (κ3) is 4.69. The number of carboxylic acid groups (broad SMARTS) is 1. The van der Waals surface area contributed by atoms with Gasteiger partial charge in [-0.3, -0.25) is 9.36 Å². The number of rotatable bonds is 9. The minimum Gasteiger partial charge on any atom is -0.491 e. The molecule has 4 rings (SSSR count). The lowest BCUT2D eigenvalue weighted by atomic mass is 10.2. The van der Waals surface area contributed by atoms with Crippen LogP contribution < -0.4 is 10.5 Å². The molecular weight excluding hydrogens is 390 g/mol. The van der Waals surface area contributed by atoms with Crippen molar-refractivity contribution in [2.24, 2.45) is 0 Å². The van der Waals surface area contributed by atoms with Crippen LogP contribution in [0.2, 0.25) is 0 Å². The zero-order valence-corrected chi connectivity index (χ0v) is 17.2. The number of aromatic nitrogens is 2. The molecule has 0 atom stereocenters. The van der Waals surface area contributed by atoms with Crippen molar-refractivity contribution in [1.82, 2.24) is 9.55 Å². The Morgan fingerprint density at radius 2 is 1.68 bits per heavy atom. The Morgan fingerprint density at radius 1 is 0.968 bits per heavy atom. The van der Waals surface area contributed by atoms with Crippen LogP contribution in [0.3, 0.4) is 0 Å². The Balaban J connectivity index is 1.67. The summed E-state index contributed by atoms with van der Waals surface area (Å²) >= 11 is 0.